The first-order valence-electron chi connectivity index (χ1n) is 13.3. The Kier molecular flexibility index (Phi) is 11.8. The molecule has 0 saturated heterocycles. The lowest BCUT2D eigenvalue weighted by Crippen LogP contribution is -2.54. The minimum Gasteiger partial charge on any atom is -0.354 e. The number of anilines is 1. The Morgan fingerprint density at radius 3 is 2.17 bits per heavy atom. The Morgan fingerprint density at radius 1 is 0.952 bits per heavy atom. The second-order valence-corrected chi connectivity index (χ2v) is 13.3. The number of nitrogens with one attached hydrogen (secondary N) is 1. The maximum atomic E-state index is 14.2. The van der Waals surface area contributed by atoms with E-state index in [2.05, 4.69) is 5.32 Å². The molecule has 3 aromatic carbocycles. The number of nitrogens with zero attached hydrogens (tertiary/aromatic N) is 3. The summed E-state index contributed by atoms with van der Waals surface area (Å²) >= 11 is 12.6. The van der Waals surface area contributed by atoms with Gasteiger partial charge >= 0.3 is 10.2 Å². The van der Waals surface area contributed by atoms with Crippen LogP contribution in [0.15, 0.2) is 72.8 Å². The van der Waals surface area contributed by atoms with Gasteiger partial charge in [0.05, 0.1) is 5.69 Å². The molecule has 12 heteroatoms. The fourth-order valence-corrected chi connectivity index (χ4v) is 5.66. The van der Waals surface area contributed by atoms with Crippen molar-refractivity contribution in [2.75, 3.05) is 31.5 Å². The van der Waals surface area contributed by atoms with E-state index in [4.69, 9.17) is 23.2 Å². The third-order valence-corrected chi connectivity index (χ3v) is 8.85. The average Bonchev–Trinajstić information content (AvgIpc) is 2.94. The molecule has 0 aliphatic carbocycles. The van der Waals surface area contributed by atoms with Gasteiger partial charge in [0.15, 0.2) is 0 Å². The molecule has 3 rings (SSSR count). The minimum atomic E-state index is -4.19. The molecule has 0 radical (unpaired) electrons. The number of halogens is 3. The van der Waals surface area contributed by atoms with E-state index in [1.165, 1.54) is 37.2 Å². The van der Waals surface area contributed by atoms with E-state index in [9.17, 15) is 22.4 Å². The zero-order chi connectivity index (χ0) is 31.0. The third kappa shape index (κ3) is 8.91. The first-order valence-corrected chi connectivity index (χ1v) is 15.5. The van der Waals surface area contributed by atoms with Gasteiger partial charge in [-0.15, -0.1) is 0 Å². The maximum absolute atomic E-state index is 14.2. The van der Waals surface area contributed by atoms with E-state index in [0.29, 0.717) is 17.1 Å². The van der Waals surface area contributed by atoms with Crippen molar-refractivity contribution in [1.29, 1.82) is 0 Å². The summed E-state index contributed by atoms with van der Waals surface area (Å²) in [6.07, 6.45) is 0.165. The van der Waals surface area contributed by atoms with Crippen LogP contribution in [0, 0.1) is 11.7 Å². The van der Waals surface area contributed by atoms with Crippen LogP contribution in [0.3, 0.4) is 0 Å². The zero-order valence-electron chi connectivity index (χ0n) is 23.9. The lowest BCUT2D eigenvalue weighted by atomic mass is 10.0. The van der Waals surface area contributed by atoms with Gasteiger partial charge in [-0.05, 0) is 53.4 Å². The Bertz CT molecular complexity index is 1470. The van der Waals surface area contributed by atoms with Gasteiger partial charge in [0.1, 0.15) is 18.4 Å². The summed E-state index contributed by atoms with van der Waals surface area (Å²) in [4.78, 5) is 29.2. The van der Waals surface area contributed by atoms with Crippen LogP contribution >= 0.6 is 23.2 Å². The van der Waals surface area contributed by atoms with Crippen molar-refractivity contribution >= 4 is 50.9 Å². The minimum absolute atomic E-state index is 0.0896. The van der Waals surface area contributed by atoms with Crippen LogP contribution in [-0.4, -0.2) is 62.7 Å². The molecule has 2 amide bonds. The number of carbonyl (C=O) groups excluding carboxylic acids is 2. The summed E-state index contributed by atoms with van der Waals surface area (Å²) in [6.45, 7) is 3.54. The van der Waals surface area contributed by atoms with E-state index in [-0.39, 0.29) is 29.6 Å². The standard InChI is InChI=1S/C30H35Cl2FN4O4S/c1-21(2)18-34-30(39)28(16-22-8-6-5-7-9-22)36(19-23-10-11-24(31)17-27(23)32)29(38)20-37(42(40,41)35(3)4)26-14-12-25(33)13-15-26/h5-15,17,21,28H,16,18-20H2,1-4H3,(H,34,39)/t28-/m0/s1. The van der Waals surface area contributed by atoms with Crippen LogP contribution < -0.4 is 9.62 Å². The molecule has 1 atom stereocenters. The fourth-order valence-electron chi connectivity index (χ4n) is 4.13. The number of hydrogen-bond donors (Lipinski definition) is 1. The van der Waals surface area contributed by atoms with Crippen molar-refractivity contribution in [1.82, 2.24) is 14.5 Å². The molecule has 42 heavy (non-hydrogen) atoms. The van der Waals surface area contributed by atoms with Crippen LogP contribution in [0.2, 0.25) is 10.0 Å². The third-order valence-electron chi connectivity index (χ3n) is 6.44. The first kappa shape index (κ1) is 33.3. The highest BCUT2D eigenvalue weighted by molar-refractivity contribution is 7.90. The lowest BCUT2D eigenvalue weighted by molar-refractivity contribution is -0.140. The summed E-state index contributed by atoms with van der Waals surface area (Å²) < 4.78 is 42.3. The highest BCUT2D eigenvalue weighted by Crippen LogP contribution is 2.26. The first-order chi connectivity index (χ1) is 19.8. The van der Waals surface area contributed by atoms with Crippen molar-refractivity contribution in [3.63, 3.8) is 0 Å². The number of benzene rings is 3. The van der Waals surface area contributed by atoms with Gasteiger partial charge < -0.3 is 10.2 Å². The van der Waals surface area contributed by atoms with E-state index in [1.807, 2.05) is 44.2 Å². The molecule has 0 aliphatic heterocycles. The Labute approximate surface area is 257 Å². The molecule has 0 unspecified atom stereocenters. The maximum Gasteiger partial charge on any atom is 0.304 e. The highest BCUT2D eigenvalue weighted by atomic mass is 35.5. The molecule has 0 bridgehead atoms. The molecule has 1 N–H and O–H groups in total. The number of rotatable bonds is 13. The molecule has 0 fully saturated rings. The number of carbonyl (C=O) groups is 2. The molecule has 0 heterocycles. The van der Waals surface area contributed by atoms with Crippen LogP contribution in [0.1, 0.15) is 25.0 Å². The Morgan fingerprint density at radius 2 is 1.60 bits per heavy atom. The topological polar surface area (TPSA) is 90.0 Å². The number of amides is 2. The largest absolute Gasteiger partial charge is 0.354 e. The fraction of sp³-hybridized carbons (Fsp3) is 0.333. The van der Waals surface area contributed by atoms with Gasteiger partial charge in [-0.2, -0.15) is 12.7 Å². The normalized spacial score (nSPS) is 12.3. The predicted molar refractivity (Wildman–Crippen MR) is 165 cm³/mol. The van der Waals surface area contributed by atoms with Gasteiger partial charge in [-0.1, -0.05) is 73.4 Å². The molecule has 0 aliphatic rings. The molecule has 0 aromatic heterocycles. The van der Waals surface area contributed by atoms with E-state index in [1.54, 1.807) is 12.1 Å². The van der Waals surface area contributed by atoms with Crippen LogP contribution in [-0.2, 0) is 32.8 Å². The summed E-state index contributed by atoms with van der Waals surface area (Å²) in [7, 11) is -1.53. The second kappa shape index (κ2) is 14.8. The van der Waals surface area contributed by atoms with Gasteiger partial charge in [0, 0.05) is 43.7 Å². The average molecular weight is 638 g/mol. The monoisotopic (exact) mass is 636 g/mol. The Balaban J connectivity index is 2.11. The number of hydrogen-bond acceptors (Lipinski definition) is 4. The molecule has 8 nitrogen and oxygen atoms in total. The van der Waals surface area contributed by atoms with E-state index < -0.39 is 40.4 Å². The molecular formula is C30H35Cl2FN4O4S. The van der Waals surface area contributed by atoms with Crippen molar-refractivity contribution in [3.8, 4) is 0 Å². The van der Waals surface area contributed by atoms with Crippen molar-refractivity contribution in [2.24, 2.45) is 5.92 Å². The predicted octanol–water partition coefficient (Wildman–Crippen LogP) is 5.16. The van der Waals surface area contributed by atoms with E-state index >= 15 is 0 Å². The molecule has 0 spiro atoms. The summed E-state index contributed by atoms with van der Waals surface area (Å²) in [5.74, 6) is -1.46. The van der Waals surface area contributed by atoms with Gasteiger partial charge in [-0.3, -0.25) is 9.59 Å². The zero-order valence-corrected chi connectivity index (χ0v) is 26.3. The Hall–Kier alpha value is -3.18. The molecular weight excluding hydrogens is 602 g/mol. The lowest BCUT2D eigenvalue weighted by Gasteiger charge is -2.34. The van der Waals surface area contributed by atoms with Crippen molar-refractivity contribution in [2.45, 2.75) is 32.9 Å². The molecule has 0 saturated carbocycles. The van der Waals surface area contributed by atoms with Crippen LogP contribution in [0.25, 0.3) is 0 Å². The van der Waals surface area contributed by atoms with E-state index in [0.717, 1.165) is 26.3 Å². The second-order valence-electron chi connectivity index (χ2n) is 10.4. The smallest absolute Gasteiger partial charge is 0.304 e. The molecule has 3 aromatic rings. The summed E-state index contributed by atoms with van der Waals surface area (Å²) in [6, 6.07) is 17.8. The van der Waals surface area contributed by atoms with Gasteiger partial charge in [0.25, 0.3) is 0 Å². The van der Waals surface area contributed by atoms with Crippen molar-refractivity contribution in [3.05, 3.63) is 99.8 Å². The molecule has 226 valence electrons. The van der Waals surface area contributed by atoms with Crippen molar-refractivity contribution < 1.29 is 22.4 Å². The van der Waals surface area contributed by atoms with Crippen LogP contribution in [0.5, 0.6) is 0 Å². The summed E-state index contributed by atoms with van der Waals surface area (Å²) in [5.41, 5.74) is 1.42. The summed E-state index contributed by atoms with van der Waals surface area (Å²) in [5, 5.41) is 3.61. The van der Waals surface area contributed by atoms with Gasteiger partial charge in [0.2, 0.25) is 11.8 Å². The quantitative estimate of drug-likeness (QED) is 0.281. The SMILES string of the molecule is CC(C)CNC(=O)[C@H](Cc1ccccc1)N(Cc1ccc(Cl)cc1Cl)C(=O)CN(c1ccc(F)cc1)S(=O)(=O)N(C)C. The highest BCUT2D eigenvalue weighted by Gasteiger charge is 2.35. The van der Waals surface area contributed by atoms with Gasteiger partial charge in [-0.25, -0.2) is 8.70 Å². The van der Waals surface area contributed by atoms with Crippen LogP contribution in [0.4, 0.5) is 10.1 Å².